The molecule has 1 N–H and O–H groups in total. The largest absolute Gasteiger partial charge is 0.478 e. The number of halogens is 3. The van der Waals surface area contributed by atoms with Gasteiger partial charge in [0.15, 0.2) is 4.71 Å². The lowest BCUT2D eigenvalue weighted by atomic mass is 9.69. The Hall–Kier alpha value is -2.35. The predicted octanol–water partition coefficient (Wildman–Crippen LogP) is 6.36. The van der Waals surface area contributed by atoms with Crippen LogP contribution in [-0.4, -0.2) is 30.3 Å². The number of aliphatic carboxylic acids is 1. The van der Waals surface area contributed by atoms with Gasteiger partial charge in [-0.05, 0) is 59.7 Å². The van der Waals surface area contributed by atoms with Gasteiger partial charge in [0.2, 0.25) is 0 Å². The first-order valence-electron chi connectivity index (χ1n) is 10.2. The Balaban J connectivity index is 2.06. The molecule has 0 unspecified atom stereocenters. The first kappa shape index (κ1) is 21.9. The van der Waals surface area contributed by atoms with Gasteiger partial charge in [-0.25, -0.2) is 4.79 Å². The third-order valence-electron chi connectivity index (χ3n) is 6.59. The van der Waals surface area contributed by atoms with Gasteiger partial charge in [0, 0.05) is 35.3 Å². The van der Waals surface area contributed by atoms with Crippen molar-refractivity contribution in [1.29, 1.82) is 0 Å². The summed E-state index contributed by atoms with van der Waals surface area (Å²) in [5.41, 5.74) is 1.81. The Kier molecular flexibility index (Phi) is 4.81. The van der Waals surface area contributed by atoms with Crippen molar-refractivity contribution >= 4 is 40.9 Å². The van der Waals surface area contributed by atoms with E-state index < -0.39 is 17.7 Å². The van der Waals surface area contributed by atoms with E-state index >= 15 is 0 Å². The Morgan fingerprint density at radius 2 is 1.77 bits per heavy atom. The van der Waals surface area contributed by atoms with Crippen molar-refractivity contribution < 1.29 is 27.5 Å². The van der Waals surface area contributed by atoms with Crippen molar-refractivity contribution in [2.75, 3.05) is 18.0 Å². The molecule has 0 fully saturated rings. The van der Waals surface area contributed by atoms with Crippen molar-refractivity contribution in [3.05, 3.63) is 39.1 Å². The Bertz CT molecular complexity index is 1190. The number of carbonyl (C=O) groups is 1. The van der Waals surface area contributed by atoms with Crippen molar-refractivity contribution in [3.63, 3.8) is 0 Å². The molecule has 3 heterocycles. The summed E-state index contributed by atoms with van der Waals surface area (Å²) in [6.45, 7) is 10.5. The molecule has 1 aromatic heterocycles. The number of nitrogens with zero attached hydrogens (tertiary/aromatic N) is 1. The van der Waals surface area contributed by atoms with Gasteiger partial charge in [-0.3, -0.25) is 0 Å². The van der Waals surface area contributed by atoms with Crippen LogP contribution < -0.4 is 4.90 Å². The van der Waals surface area contributed by atoms with Crippen LogP contribution in [0.25, 0.3) is 17.0 Å². The summed E-state index contributed by atoms with van der Waals surface area (Å²) in [5.74, 6) is -2.06. The highest BCUT2D eigenvalue weighted by Gasteiger charge is 2.42. The summed E-state index contributed by atoms with van der Waals surface area (Å²) < 4.78 is 45.3. The highest BCUT2D eigenvalue weighted by atomic mass is 32.1. The topological polar surface area (TPSA) is 53.7 Å². The monoisotopic (exact) mass is 451 g/mol. The molecule has 0 saturated heterocycles. The maximum Gasteiger partial charge on any atom is 0.423 e. The van der Waals surface area contributed by atoms with E-state index in [2.05, 4.69) is 32.6 Å². The molecule has 0 amide bonds. The fraction of sp³-hybridized carbons (Fsp3) is 0.478. The molecule has 0 atom stereocenters. The molecule has 2 aliphatic rings. The van der Waals surface area contributed by atoms with E-state index in [0.717, 1.165) is 42.7 Å². The minimum Gasteiger partial charge on any atom is -0.478 e. The summed E-state index contributed by atoms with van der Waals surface area (Å²) in [6.07, 6.45) is -2.57. The molecule has 2 aliphatic heterocycles. The number of alkyl halides is 3. The normalized spacial score (nSPS) is 20.0. The number of benzene rings is 1. The van der Waals surface area contributed by atoms with E-state index in [0.29, 0.717) is 17.0 Å². The minimum atomic E-state index is -5.01. The average Bonchev–Trinajstić information content (AvgIpc) is 2.62. The predicted molar refractivity (Wildman–Crippen MR) is 116 cm³/mol. The van der Waals surface area contributed by atoms with Crippen LogP contribution in [0.4, 0.5) is 18.9 Å². The zero-order chi connectivity index (χ0) is 22.9. The maximum atomic E-state index is 13.2. The van der Waals surface area contributed by atoms with Crippen LogP contribution in [0.2, 0.25) is 0 Å². The lowest BCUT2D eigenvalue weighted by Crippen LogP contribution is -2.44. The highest BCUT2D eigenvalue weighted by Crippen LogP contribution is 2.52. The first-order valence-corrected chi connectivity index (χ1v) is 10.6. The maximum absolute atomic E-state index is 13.2. The summed E-state index contributed by atoms with van der Waals surface area (Å²) >= 11 is 5.25. The fourth-order valence-electron chi connectivity index (χ4n) is 4.69. The van der Waals surface area contributed by atoms with Gasteiger partial charge in [-0.15, -0.1) is 0 Å². The van der Waals surface area contributed by atoms with E-state index in [9.17, 15) is 18.0 Å². The Morgan fingerprint density at radius 1 is 1.16 bits per heavy atom. The van der Waals surface area contributed by atoms with Crippen LogP contribution in [0.3, 0.4) is 0 Å². The third kappa shape index (κ3) is 3.54. The Morgan fingerprint density at radius 3 is 2.35 bits per heavy atom. The number of fused-ring (bicyclic) bond motifs is 2. The summed E-state index contributed by atoms with van der Waals surface area (Å²) in [5, 5.41) is 9.66. The molecule has 0 saturated carbocycles. The van der Waals surface area contributed by atoms with Crippen molar-refractivity contribution in [1.82, 2.24) is 0 Å². The second-order valence-electron chi connectivity index (χ2n) is 9.67. The molecule has 0 spiro atoms. The highest BCUT2D eigenvalue weighted by molar-refractivity contribution is 7.71. The van der Waals surface area contributed by atoms with E-state index in [1.54, 1.807) is 0 Å². The van der Waals surface area contributed by atoms with Crippen molar-refractivity contribution in [2.24, 2.45) is 0 Å². The van der Waals surface area contributed by atoms with Gasteiger partial charge >= 0.3 is 12.1 Å². The summed E-state index contributed by atoms with van der Waals surface area (Å²) in [6, 6.07) is 3.48. The molecule has 4 nitrogen and oxygen atoms in total. The van der Waals surface area contributed by atoms with Crippen LogP contribution >= 0.6 is 12.2 Å². The molecule has 1 aromatic carbocycles. The van der Waals surface area contributed by atoms with Crippen LogP contribution in [-0.2, 0) is 15.6 Å². The minimum absolute atomic E-state index is 0.0662. The van der Waals surface area contributed by atoms with Gasteiger partial charge in [-0.2, -0.15) is 13.2 Å². The average molecular weight is 452 g/mol. The molecule has 0 bridgehead atoms. The number of rotatable bonds is 2. The molecule has 166 valence electrons. The van der Waals surface area contributed by atoms with Crippen LogP contribution in [0.1, 0.15) is 57.2 Å². The molecular weight excluding hydrogens is 427 g/mol. The smallest absolute Gasteiger partial charge is 0.423 e. The SMILES string of the molecule is CC1(C)CCN2CCC(C)(C)c3c2c1cc1cc(C=C(C(=O)O)C(F)(F)F)c(=S)oc31. The standard InChI is InChI=1S/C23H24F3NO3S/c1-21(2)5-7-27-8-6-22(3,4)16-17(27)14(21)10-12-9-13(20(31)30-18(12)16)11-15(19(28)29)23(24,25)26/h9-11H,5-8H2,1-4H3,(H,28,29). The lowest BCUT2D eigenvalue weighted by molar-refractivity contribution is -0.144. The summed E-state index contributed by atoms with van der Waals surface area (Å²) in [7, 11) is 0. The van der Waals surface area contributed by atoms with E-state index in [4.69, 9.17) is 21.7 Å². The zero-order valence-corrected chi connectivity index (χ0v) is 18.6. The second-order valence-corrected chi connectivity index (χ2v) is 10.0. The van der Waals surface area contributed by atoms with E-state index in [-0.39, 0.29) is 21.1 Å². The van der Waals surface area contributed by atoms with Gasteiger partial charge in [0.05, 0.1) is 0 Å². The molecule has 2 aromatic rings. The lowest BCUT2D eigenvalue weighted by Gasteiger charge is -2.48. The van der Waals surface area contributed by atoms with Gasteiger partial charge < -0.3 is 14.4 Å². The van der Waals surface area contributed by atoms with Gasteiger partial charge in [0.25, 0.3) is 0 Å². The first-order chi connectivity index (χ1) is 14.2. The Labute approximate surface area is 183 Å². The van der Waals surface area contributed by atoms with Gasteiger partial charge in [0.1, 0.15) is 11.2 Å². The second kappa shape index (κ2) is 6.82. The van der Waals surface area contributed by atoms with Crippen molar-refractivity contribution in [3.8, 4) is 0 Å². The molecule has 0 aliphatic carbocycles. The van der Waals surface area contributed by atoms with E-state index in [1.165, 1.54) is 6.07 Å². The molecule has 8 heteroatoms. The number of hydrogen-bond donors (Lipinski definition) is 1. The molecular formula is C23H24F3NO3S. The zero-order valence-electron chi connectivity index (χ0n) is 17.8. The summed E-state index contributed by atoms with van der Waals surface area (Å²) in [4.78, 5) is 13.5. The van der Waals surface area contributed by atoms with Crippen molar-refractivity contribution in [2.45, 2.75) is 57.5 Å². The molecule has 4 rings (SSSR count). The van der Waals surface area contributed by atoms with Crippen LogP contribution in [0.15, 0.2) is 22.1 Å². The molecule has 0 radical (unpaired) electrons. The molecule has 31 heavy (non-hydrogen) atoms. The van der Waals surface area contributed by atoms with Crippen LogP contribution in [0.5, 0.6) is 0 Å². The fourth-order valence-corrected chi connectivity index (χ4v) is 4.89. The van der Waals surface area contributed by atoms with Crippen LogP contribution in [0, 0.1) is 4.71 Å². The quantitative estimate of drug-likeness (QED) is 0.425. The number of carboxylic acids is 1. The van der Waals surface area contributed by atoms with E-state index in [1.807, 2.05) is 6.07 Å². The number of hydrogen-bond acceptors (Lipinski definition) is 4. The third-order valence-corrected chi connectivity index (χ3v) is 6.91. The number of anilines is 1. The number of carboxylic acid groups (broad SMARTS) is 1. The van der Waals surface area contributed by atoms with Gasteiger partial charge in [-0.1, -0.05) is 27.7 Å².